The molecule has 11 nitrogen and oxygen atoms in total. The molecule has 0 aromatic carbocycles. The summed E-state index contributed by atoms with van der Waals surface area (Å²) < 4.78 is 41.7. The van der Waals surface area contributed by atoms with E-state index in [1.807, 2.05) is 7.05 Å². The maximum Gasteiger partial charge on any atom is 0.229 e. The molecule has 2 aliphatic heterocycles. The van der Waals surface area contributed by atoms with Gasteiger partial charge >= 0.3 is 0 Å². The molecule has 1 saturated carbocycles. The van der Waals surface area contributed by atoms with E-state index in [9.17, 15) is 8.42 Å². The Bertz CT molecular complexity index is 1080. The normalized spacial score (nSPS) is 28.2. The Morgan fingerprint density at radius 1 is 1.12 bits per heavy atom. The molecule has 13 heteroatoms. The van der Waals surface area contributed by atoms with Crippen molar-refractivity contribution in [3.63, 3.8) is 0 Å². The molecule has 0 amide bonds. The number of nitrogens with zero attached hydrogens (tertiary/aromatic N) is 4. The first-order valence-electron chi connectivity index (χ1n) is 10.7. The van der Waals surface area contributed by atoms with Crippen LogP contribution in [-0.4, -0.2) is 70.9 Å². The molecular weight excluding hydrogens is 458 g/mol. The second-order valence-electron chi connectivity index (χ2n) is 8.44. The quantitative estimate of drug-likeness (QED) is 0.534. The number of sulfonamides is 1. The zero-order chi connectivity index (χ0) is 22.3. The summed E-state index contributed by atoms with van der Waals surface area (Å²) in [5.74, 6) is 0.816. The van der Waals surface area contributed by atoms with Crippen molar-refractivity contribution in [2.45, 2.75) is 55.2 Å². The number of hydrogen-bond donors (Lipinski definition) is 3. The molecule has 3 N–H and O–H groups in total. The van der Waals surface area contributed by atoms with Gasteiger partial charge in [-0.2, -0.15) is 10.1 Å². The van der Waals surface area contributed by atoms with E-state index in [1.54, 1.807) is 17.1 Å². The van der Waals surface area contributed by atoms with E-state index < -0.39 is 16.1 Å². The summed E-state index contributed by atoms with van der Waals surface area (Å²) in [5, 5.41) is 10.5. The molecule has 4 heterocycles. The lowest BCUT2D eigenvalue weighted by molar-refractivity contribution is 0.0690. The highest BCUT2D eigenvalue weighted by atomic mass is 35.5. The van der Waals surface area contributed by atoms with Crippen molar-refractivity contribution < 1.29 is 17.9 Å². The van der Waals surface area contributed by atoms with Crippen LogP contribution in [0.2, 0.25) is 5.02 Å². The number of anilines is 3. The maximum absolute atomic E-state index is 12.7. The first-order chi connectivity index (χ1) is 15.4. The second-order valence-corrected chi connectivity index (χ2v) is 10.8. The van der Waals surface area contributed by atoms with Crippen LogP contribution in [0, 0.1) is 0 Å². The van der Waals surface area contributed by atoms with E-state index in [4.69, 9.17) is 21.1 Å². The highest BCUT2D eigenvalue weighted by Crippen LogP contribution is 2.32. The zero-order valence-corrected chi connectivity index (χ0v) is 19.1. The lowest BCUT2D eigenvalue weighted by Gasteiger charge is -2.20. The minimum Gasteiger partial charge on any atom is -0.371 e. The van der Waals surface area contributed by atoms with E-state index in [-0.39, 0.29) is 30.1 Å². The molecule has 0 radical (unpaired) electrons. The van der Waals surface area contributed by atoms with Crippen molar-refractivity contribution in [2.75, 3.05) is 23.8 Å². The Morgan fingerprint density at radius 2 is 1.84 bits per heavy atom. The molecule has 0 bridgehead atoms. The number of halogens is 1. The van der Waals surface area contributed by atoms with Gasteiger partial charge in [-0.15, -0.1) is 0 Å². The number of fused-ring (bicyclic) bond motifs is 1. The SMILES string of the molecule is Cn1cc(Nc2ncc(Cl)c(NC3COC4C(NS(=O)(=O)C5CCCC5)COC34)n2)cn1. The van der Waals surface area contributed by atoms with Gasteiger partial charge in [-0.1, -0.05) is 24.4 Å². The van der Waals surface area contributed by atoms with Crippen molar-refractivity contribution in [3.8, 4) is 0 Å². The molecular formula is C19H26ClN7O4S. The summed E-state index contributed by atoms with van der Waals surface area (Å²) >= 11 is 6.31. The lowest BCUT2D eigenvalue weighted by Crippen LogP contribution is -2.47. The Balaban J connectivity index is 1.24. The second kappa shape index (κ2) is 8.75. The van der Waals surface area contributed by atoms with Crippen molar-refractivity contribution >= 4 is 39.1 Å². The summed E-state index contributed by atoms with van der Waals surface area (Å²) in [6, 6.07) is -0.624. The molecule has 2 aromatic rings. The monoisotopic (exact) mass is 483 g/mol. The average Bonchev–Trinajstić information content (AvgIpc) is 3.53. The number of ether oxygens (including phenoxy) is 2. The Kier molecular flexibility index (Phi) is 5.97. The van der Waals surface area contributed by atoms with Crippen molar-refractivity contribution in [1.29, 1.82) is 0 Å². The predicted octanol–water partition coefficient (Wildman–Crippen LogP) is 1.42. The third-order valence-electron chi connectivity index (χ3n) is 6.14. The average molecular weight is 484 g/mol. The molecule has 3 aliphatic rings. The Hall–Kier alpha value is -1.99. The minimum atomic E-state index is -3.39. The summed E-state index contributed by atoms with van der Waals surface area (Å²) in [7, 11) is -1.57. The largest absolute Gasteiger partial charge is 0.371 e. The first kappa shape index (κ1) is 21.8. The van der Waals surface area contributed by atoms with Gasteiger partial charge in [0.1, 0.15) is 17.2 Å². The number of rotatable bonds is 7. The van der Waals surface area contributed by atoms with E-state index in [2.05, 4.69) is 30.4 Å². The van der Waals surface area contributed by atoms with Gasteiger partial charge in [-0.05, 0) is 12.8 Å². The standard InChI is InChI=1S/C19H26ClN7O4S/c1-27-8-11(6-22-27)23-19-21-7-13(20)18(25-19)24-14-9-30-17-15(10-31-16(14)17)26-32(28,29)12-4-2-3-5-12/h6-8,12,14-17,26H,2-5,9-10H2,1H3,(H2,21,23,24,25). The van der Waals surface area contributed by atoms with Gasteiger partial charge in [0.25, 0.3) is 0 Å². The number of nitrogens with one attached hydrogen (secondary N) is 3. The van der Waals surface area contributed by atoms with Crippen LogP contribution >= 0.6 is 11.6 Å². The third kappa shape index (κ3) is 4.42. The van der Waals surface area contributed by atoms with Gasteiger partial charge in [0, 0.05) is 13.2 Å². The number of aromatic nitrogens is 4. The van der Waals surface area contributed by atoms with E-state index in [1.165, 1.54) is 6.20 Å². The van der Waals surface area contributed by atoms with Crippen molar-refractivity contribution in [3.05, 3.63) is 23.6 Å². The van der Waals surface area contributed by atoms with Gasteiger partial charge in [0.15, 0.2) is 5.82 Å². The van der Waals surface area contributed by atoms with Gasteiger partial charge in [0.05, 0.1) is 48.6 Å². The summed E-state index contributed by atoms with van der Waals surface area (Å²) in [5.41, 5.74) is 0.751. The third-order valence-corrected chi connectivity index (χ3v) is 8.39. The van der Waals surface area contributed by atoms with Gasteiger partial charge < -0.3 is 20.1 Å². The van der Waals surface area contributed by atoms with Crippen LogP contribution in [0.15, 0.2) is 18.6 Å². The van der Waals surface area contributed by atoms with Crippen LogP contribution in [0.1, 0.15) is 25.7 Å². The predicted molar refractivity (Wildman–Crippen MR) is 119 cm³/mol. The Morgan fingerprint density at radius 3 is 2.56 bits per heavy atom. The molecule has 4 atom stereocenters. The lowest BCUT2D eigenvalue weighted by atomic mass is 10.1. The highest BCUT2D eigenvalue weighted by Gasteiger charge is 2.49. The maximum atomic E-state index is 12.7. The topological polar surface area (TPSA) is 132 Å². The molecule has 5 rings (SSSR count). The molecule has 0 spiro atoms. The molecule has 3 fully saturated rings. The fourth-order valence-electron chi connectivity index (χ4n) is 4.55. The summed E-state index contributed by atoms with van der Waals surface area (Å²) in [6.07, 6.45) is 7.64. The highest BCUT2D eigenvalue weighted by molar-refractivity contribution is 7.90. The van der Waals surface area contributed by atoms with Gasteiger partial charge in [-0.25, -0.2) is 18.1 Å². The molecule has 1 aliphatic carbocycles. The van der Waals surface area contributed by atoms with Crippen LogP contribution < -0.4 is 15.4 Å². The van der Waals surface area contributed by atoms with Crippen molar-refractivity contribution in [1.82, 2.24) is 24.5 Å². The van der Waals surface area contributed by atoms with Crippen LogP contribution in [0.25, 0.3) is 0 Å². The van der Waals surface area contributed by atoms with Gasteiger partial charge in [0.2, 0.25) is 16.0 Å². The minimum absolute atomic E-state index is 0.223. The smallest absolute Gasteiger partial charge is 0.229 e. The van der Waals surface area contributed by atoms with E-state index >= 15 is 0 Å². The molecule has 2 saturated heterocycles. The Labute approximate surface area is 191 Å². The fraction of sp³-hybridized carbons (Fsp3) is 0.632. The fourth-order valence-corrected chi connectivity index (χ4v) is 6.47. The number of hydrogen-bond acceptors (Lipinski definition) is 9. The van der Waals surface area contributed by atoms with Crippen LogP contribution in [0.5, 0.6) is 0 Å². The zero-order valence-electron chi connectivity index (χ0n) is 17.6. The summed E-state index contributed by atoms with van der Waals surface area (Å²) in [4.78, 5) is 8.66. The van der Waals surface area contributed by atoms with Crippen LogP contribution in [0.3, 0.4) is 0 Å². The van der Waals surface area contributed by atoms with E-state index in [0.717, 1.165) is 18.5 Å². The molecule has 174 valence electrons. The van der Waals surface area contributed by atoms with Crippen LogP contribution in [-0.2, 0) is 26.5 Å². The molecule has 2 aromatic heterocycles. The molecule has 32 heavy (non-hydrogen) atoms. The van der Waals surface area contributed by atoms with Crippen molar-refractivity contribution in [2.24, 2.45) is 7.05 Å². The molecule has 4 unspecified atom stereocenters. The van der Waals surface area contributed by atoms with Crippen LogP contribution in [0.4, 0.5) is 17.5 Å². The van der Waals surface area contributed by atoms with Gasteiger partial charge in [-0.3, -0.25) is 4.68 Å². The van der Waals surface area contributed by atoms with E-state index in [0.29, 0.717) is 36.2 Å². The number of aryl methyl sites for hydroxylation is 1. The summed E-state index contributed by atoms with van der Waals surface area (Å²) in [6.45, 7) is 0.619. The first-order valence-corrected chi connectivity index (χ1v) is 12.6.